The van der Waals surface area contributed by atoms with E-state index in [1.54, 1.807) is 26.4 Å². The zero-order chi connectivity index (χ0) is 13.8. The van der Waals surface area contributed by atoms with Gasteiger partial charge in [0.1, 0.15) is 11.5 Å². The first-order chi connectivity index (χ1) is 9.11. The van der Waals surface area contributed by atoms with Gasteiger partial charge in [-0.15, -0.1) is 0 Å². The van der Waals surface area contributed by atoms with Crippen LogP contribution in [-0.4, -0.2) is 27.8 Å². The van der Waals surface area contributed by atoms with Crippen molar-refractivity contribution in [2.75, 3.05) is 12.4 Å². The van der Waals surface area contributed by atoms with Crippen molar-refractivity contribution >= 4 is 11.6 Å². The Morgan fingerprint density at radius 2 is 1.95 bits per heavy atom. The average Bonchev–Trinajstić information content (AvgIpc) is 2.39. The van der Waals surface area contributed by atoms with Gasteiger partial charge >= 0.3 is 0 Å². The van der Waals surface area contributed by atoms with Gasteiger partial charge in [-0.25, -0.2) is 9.97 Å². The first-order valence-corrected chi connectivity index (χ1v) is 6.06. The second kappa shape index (κ2) is 5.56. The Kier molecular flexibility index (Phi) is 3.85. The van der Waals surface area contributed by atoms with Crippen LogP contribution in [0.25, 0.3) is 0 Å². The Bertz CT molecular complexity index is 610. The summed E-state index contributed by atoms with van der Waals surface area (Å²) in [6.07, 6.45) is 5.16. The lowest BCUT2D eigenvalue weighted by molar-refractivity contribution is 0.0987. The molecular formula is C14H16N4O. The van der Waals surface area contributed by atoms with Crippen molar-refractivity contribution in [2.45, 2.75) is 20.3 Å². The average molecular weight is 256 g/mol. The highest BCUT2D eigenvalue weighted by molar-refractivity contribution is 5.97. The van der Waals surface area contributed by atoms with Crippen molar-refractivity contribution in [1.29, 1.82) is 0 Å². The van der Waals surface area contributed by atoms with Crippen LogP contribution in [0.3, 0.4) is 0 Å². The van der Waals surface area contributed by atoms with Crippen LogP contribution in [0.5, 0.6) is 0 Å². The Labute approximate surface area is 112 Å². The molecule has 0 saturated carbocycles. The van der Waals surface area contributed by atoms with E-state index < -0.39 is 0 Å². The molecule has 0 aliphatic carbocycles. The van der Waals surface area contributed by atoms with Crippen molar-refractivity contribution in [3.8, 4) is 0 Å². The summed E-state index contributed by atoms with van der Waals surface area (Å²) in [6.45, 7) is 3.74. The van der Waals surface area contributed by atoms with E-state index in [1.807, 2.05) is 13.0 Å². The number of hydrogen-bond acceptors (Lipinski definition) is 5. The highest BCUT2D eigenvalue weighted by atomic mass is 16.1. The maximum absolute atomic E-state index is 12.3. The lowest BCUT2D eigenvalue weighted by Crippen LogP contribution is -2.11. The van der Waals surface area contributed by atoms with Gasteiger partial charge in [0.2, 0.25) is 0 Å². The van der Waals surface area contributed by atoms with Gasteiger partial charge in [0.15, 0.2) is 5.78 Å². The summed E-state index contributed by atoms with van der Waals surface area (Å²) in [6, 6.07) is 1.96. The second-order valence-corrected chi connectivity index (χ2v) is 4.36. The number of nitrogens with one attached hydrogen (secondary N) is 1. The minimum atomic E-state index is -0.0468. The lowest BCUT2D eigenvalue weighted by atomic mass is 10.1. The first kappa shape index (κ1) is 13.1. The molecule has 0 bridgehead atoms. The molecule has 0 aliphatic heterocycles. The van der Waals surface area contributed by atoms with Gasteiger partial charge in [-0.2, -0.15) is 0 Å². The molecule has 2 rings (SSSR count). The van der Waals surface area contributed by atoms with Crippen molar-refractivity contribution in [2.24, 2.45) is 0 Å². The van der Waals surface area contributed by atoms with Crippen LogP contribution in [0, 0.1) is 13.8 Å². The fourth-order valence-corrected chi connectivity index (χ4v) is 1.93. The van der Waals surface area contributed by atoms with E-state index in [0.717, 1.165) is 16.9 Å². The molecule has 0 amide bonds. The third kappa shape index (κ3) is 2.93. The molecule has 5 heteroatoms. The van der Waals surface area contributed by atoms with Crippen LogP contribution in [0.15, 0.2) is 24.7 Å². The van der Waals surface area contributed by atoms with Gasteiger partial charge in [0.05, 0.1) is 5.69 Å². The predicted octanol–water partition coefficient (Wildman–Crippen LogP) is 1.96. The van der Waals surface area contributed by atoms with E-state index in [-0.39, 0.29) is 12.2 Å². The van der Waals surface area contributed by atoms with Crippen molar-refractivity contribution < 1.29 is 4.79 Å². The number of nitrogens with zero attached hydrogens (tertiary/aromatic N) is 3. The molecule has 0 saturated heterocycles. The molecule has 0 fully saturated rings. The van der Waals surface area contributed by atoms with Gasteiger partial charge in [-0.1, -0.05) is 6.07 Å². The van der Waals surface area contributed by atoms with E-state index in [2.05, 4.69) is 20.3 Å². The monoisotopic (exact) mass is 256 g/mol. The van der Waals surface area contributed by atoms with Crippen LogP contribution in [0.2, 0.25) is 0 Å². The molecular weight excluding hydrogens is 240 g/mol. The standard InChI is InChI=1S/C14H16N4O/c1-9-6-11(14(15-3)18-8-9)7-12(19)13-10(2)16-4-5-17-13/h4-6,8H,7H2,1-3H3,(H,15,18). The van der Waals surface area contributed by atoms with E-state index in [1.165, 1.54) is 6.20 Å². The fraction of sp³-hybridized carbons (Fsp3) is 0.286. The number of aryl methyl sites for hydroxylation is 2. The van der Waals surface area contributed by atoms with Crippen molar-refractivity contribution in [3.63, 3.8) is 0 Å². The number of hydrogen-bond donors (Lipinski definition) is 1. The predicted molar refractivity (Wildman–Crippen MR) is 73.3 cm³/mol. The van der Waals surface area contributed by atoms with Gasteiger partial charge in [0, 0.05) is 37.6 Å². The fourth-order valence-electron chi connectivity index (χ4n) is 1.93. The zero-order valence-corrected chi connectivity index (χ0v) is 11.3. The smallest absolute Gasteiger partial charge is 0.187 e. The van der Waals surface area contributed by atoms with Gasteiger partial charge < -0.3 is 5.32 Å². The van der Waals surface area contributed by atoms with E-state index in [9.17, 15) is 4.79 Å². The van der Waals surface area contributed by atoms with Gasteiger partial charge in [-0.05, 0) is 19.4 Å². The number of ketones is 1. The molecule has 19 heavy (non-hydrogen) atoms. The number of carbonyl (C=O) groups excluding carboxylic acids is 1. The summed E-state index contributed by atoms with van der Waals surface area (Å²) < 4.78 is 0. The number of pyridine rings is 1. The maximum Gasteiger partial charge on any atom is 0.187 e. The molecule has 0 unspecified atom stereocenters. The minimum absolute atomic E-state index is 0.0468. The summed E-state index contributed by atoms with van der Waals surface area (Å²) in [4.78, 5) is 24.7. The molecule has 0 atom stereocenters. The van der Waals surface area contributed by atoms with Crippen LogP contribution in [0.1, 0.15) is 27.3 Å². The SMILES string of the molecule is CNc1ncc(C)cc1CC(=O)c1nccnc1C. The normalized spacial score (nSPS) is 10.3. The summed E-state index contributed by atoms with van der Waals surface area (Å²) >= 11 is 0. The summed E-state index contributed by atoms with van der Waals surface area (Å²) in [5.74, 6) is 0.676. The third-order valence-corrected chi connectivity index (χ3v) is 2.84. The summed E-state index contributed by atoms with van der Waals surface area (Å²) in [5, 5.41) is 2.99. The highest BCUT2D eigenvalue weighted by Crippen LogP contribution is 2.16. The number of Topliss-reactive ketones (excluding diaryl/α,β-unsaturated/α-hetero) is 1. The molecule has 0 spiro atoms. The quantitative estimate of drug-likeness (QED) is 0.847. The number of aromatic nitrogens is 3. The Morgan fingerprint density at radius 1 is 1.21 bits per heavy atom. The van der Waals surface area contributed by atoms with Crippen LogP contribution in [-0.2, 0) is 6.42 Å². The molecule has 2 heterocycles. The van der Waals surface area contributed by atoms with E-state index in [0.29, 0.717) is 11.4 Å². The van der Waals surface area contributed by atoms with Crippen LogP contribution >= 0.6 is 0 Å². The second-order valence-electron chi connectivity index (χ2n) is 4.36. The van der Waals surface area contributed by atoms with Crippen LogP contribution < -0.4 is 5.32 Å². The maximum atomic E-state index is 12.3. The molecule has 98 valence electrons. The third-order valence-electron chi connectivity index (χ3n) is 2.84. The minimum Gasteiger partial charge on any atom is -0.373 e. The van der Waals surface area contributed by atoms with Gasteiger partial charge in [0.25, 0.3) is 0 Å². The molecule has 0 aromatic carbocycles. The topological polar surface area (TPSA) is 67.8 Å². The van der Waals surface area contributed by atoms with Crippen molar-refractivity contribution in [1.82, 2.24) is 15.0 Å². The molecule has 0 radical (unpaired) electrons. The zero-order valence-electron chi connectivity index (χ0n) is 11.3. The van der Waals surface area contributed by atoms with E-state index in [4.69, 9.17) is 0 Å². The molecule has 5 nitrogen and oxygen atoms in total. The highest BCUT2D eigenvalue weighted by Gasteiger charge is 2.14. The number of rotatable bonds is 4. The molecule has 2 aromatic heterocycles. The van der Waals surface area contributed by atoms with E-state index >= 15 is 0 Å². The Hall–Kier alpha value is -2.30. The Balaban J connectivity index is 2.29. The Morgan fingerprint density at radius 3 is 2.63 bits per heavy atom. The lowest BCUT2D eigenvalue weighted by Gasteiger charge is -2.08. The van der Waals surface area contributed by atoms with Gasteiger partial charge in [-0.3, -0.25) is 9.78 Å². The number of carbonyl (C=O) groups is 1. The molecule has 1 N–H and O–H groups in total. The first-order valence-electron chi connectivity index (χ1n) is 6.06. The number of anilines is 1. The summed E-state index contributed by atoms with van der Waals surface area (Å²) in [7, 11) is 1.79. The molecule has 2 aromatic rings. The van der Waals surface area contributed by atoms with Crippen molar-refractivity contribution in [3.05, 3.63) is 47.2 Å². The largest absolute Gasteiger partial charge is 0.373 e. The van der Waals surface area contributed by atoms with Crippen LogP contribution in [0.4, 0.5) is 5.82 Å². The molecule has 0 aliphatic rings. The summed E-state index contributed by atoms with van der Waals surface area (Å²) in [5.41, 5.74) is 2.97.